The molecular weight excluding hydrogens is 546 g/mol. The number of ether oxygens (including phenoxy) is 2. The molecule has 2 heterocycles. The van der Waals surface area contributed by atoms with Gasteiger partial charge in [0.05, 0.1) is 30.5 Å². The van der Waals surface area contributed by atoms with Gasteiger partial charge in [-0.2, -0.15) is 0 Å². The van der Waals surface area contributed by atoms with Crippen LogP contribution >= 0.6 is 0 Å². The molecule has 0 saturated carbocycles. The Kier molecular flexibility index (Phi) is 10.1. The first kappa shape index (κ1) is 30.3. The molecule has 4 atom stereocenters. The van der Waals surface area contributed by atoms with Gasteiger partial charge in [-0.15, -0.1) is 0 Å². The highest BCUT2D eigenvalue weighted by Crippen LogP contribution is 2.38. The highest BCUT2D eigenvalue weighted by atomic mass is 16.7. The number of phenols is 1. The van der Waals surface area contributed by atoms with Crippen LogP contribution in [0.4, 0.5) is 0 Å². The molecule has 1 aliphatic heterocycles. The summed E-state index contributed by atoms with van der Waals surface area (Å²) in [7, 11) is 1.93. The van der Waals surface area contributed by atoms with Gasteiger partial charge in [0, 0.05) is 44.0 Å². The Hall–Kier alpha value is -4.12. The Morgan fingerprint density at radius 2 is 1.74 bits per heavy atom. The molecular formula is C34H37N3O6. The first-order valence-corrected chi connectivity index (χ1v) is 14.3. The van der Waals surface area contributed by atoms with E-state index in [0.29, 0.717) is 37.2 Å². The maximum atomic E-state index is 12.4. The van der Waals surface area contributed by atoms with Gasteiger partial charge in [0.15, 0.2) is 6.29 Å². The van der Waals surface area contributed by atoms with E-state index in [1.165, 1.54) is 6.20 Å². The zero-order chi connectivity index (χ0) is 30.2. The van der Waals surface area contributed by atoms with Crippen LogP contribution in [-0.2, 0) is 22.6 Å². The van der Waals surface area contributed by atoms with E-state index in [-0.39, 0.29) is 30.5 Å². The summed E-state index contributed by atoms with van der Waals surface area (Å²) in [5, 5.41) is 32.9. The second-order valence-corrected chi connectivity index (χ2v) is 10.8. The quantitative estimate of drug-likeness (QED) is 0.205. The number of rotatable bonds is 11. The van der Waals surface area contributed by atoms with Crippen LogP contribution < -0.4 is 5.32 Å². The van der Waals surface area contributed by atoms with E-state index in [2.05, 4.69) is 10.3 Å². The second kappa shape index (κ2) is 14.4. The first-order chi connectivity index (χ1) is 20.9. The molecule has 1 amide bonds. The van der Waals surface area contributed by atoms with Gasteiger partial charge in [0.1, 0.15) is 5.75 Å². The van der Waals surface area contributed by atoms with E-state index < -0.39 is 12.4 Å². The highest BCUT2D eigenvalue weighted by Gasteiger charge is 2.33. The van der Waals surface area contributed by atoms with Crippen molar-refractivity contribution in [1.29, 1.82) is 0 Å². The highest BCUT2D eigenvalue weighted by molar-refractivity contribution is 5.93. The molecule has 9 heteroatoms. The Labute approximate surface area is 251 Å². The molecule has 1 fully saturated rings. The van der Waals surface area contributed by atoms with Gasteiger partial charge in [-0.25, -0.2) is 0 Å². The number of hydrogen-bond acceptors (Lipinski definition) is 8. The molecule has 0 radical (unpaired) electrons. The topological polar surface area (TPSA) is 124 Å². The zero-order valence-corrected chi connectivity index (χ0v) is 24.0. The lowest BCUT2D eigenvalue weighted by atomic mass is 9.99. The van der Waals surface area contributed by atoms with E-state index in [0.717, 1.165) is 22.3 Å². The van der Waals surface area contributed by atoms with Crippen LogP contribution in [0.1, 0.15) is 63.1 Å². The average molecular weight is 584 g/mol. The number of aromatic hydroxyl groups is 1. The fourth-order valence-corrected chi connectivity index (χ4v) is 5.16. The fraction of sp³-hybridized carbons (Fsp3) is 0.294. The third-order valence-electron chi connectivity index (χ3n) is 7.50. The fourth-order valence-electron chi connectivity index (χ4n) is 5.16. The summed E-state index contributed by atoms with van der Waals surface area (Å²) in [5.41, 5.74) is 4.77. The summed E-state index contributed by atoms with van der Waals surface area (Å²) in [5.74, 6) is -0.0703. The lowest BCUT2D eigenvalue weighted by molar-refractivity contribution is -0.252. The monoisotopic (exact) mass is 583 g/mol. The van der Waals surface area contributed by atoms with Gasteiger partial charge in [-0.3, -0.25) is 9.78 Å². The van der Waals surface area contributed by atoms with Crippen LogP contribution in [0, 0.1) is 0 Å². The van der Waals surface area contributed by atoms with Crippen molar-refractivity contribution < 1.29 is 29.6 Å². The van der Waals surface area contributed by atoms with Crippen molar-refractivity contribution in [3.8, 4) is 5.75 Å². The van der Waals surface area contributed by atoms with Crippen LogP contribution in [0.15, 0.2) is 97.3 Å². The van der Waals surface area contributed by atoms with Crippen molar-refractivity contribution in [1.82, 2.24) is 15.2 Å². The van der Waals surface area contributed by atoms with Gasteiger partial charge in [0.2, 0.25) is 0 Å². The molecule has 4 N–H and O–H groups in total. The number of likely N-dealkylation sites (N-methyl/N-ethyl adjacent to an activating group) is 1. The molecule has 1 aliphatic rings. The predicted molar refractivity (Wildman–Crippen MR) is 161 cm³/mol. The number of carbonyl (C=O) groups is 1. The number of amides is 1. The largest absolute Gasteiger partial charge is 0.508 e. The maximum Gasteiger partial charge on any atom is 0.253 e. The lowest BCUT2D eigenvalue weighted by Gasteiger charge is -2.38. The molecule has 9 nitrogen and oxygen atoms in total. The number of aliphatic hydroxyl groups is 2. The molecule has 5 rings (SSSR count). The third-order valence-corrected chi connectivity index (χ3v) is 7.50. The Balaban J connectivity index is 1.26. The molecule has 1 saturated heterocycles. The summed E-state index contributed by atoms with van der Waals surface area (Å²) in [6.07, 6.45) is 1.96. The number of aromatic nitrogens is 1. The summed E-state index contributed by atoms with van der Waals surface area (Å²) in [6, 6.07) is 25.6. The minimum Gasteiger partial charge on any atom is -0.508 e. The minimum absolute atomic E-state index is 0.0263. The van der Waals surface area contributed by atoms with Crippen LogP contribution in [0.2, 0.25) is 0 Å². The molecule has 0 bridgehead atoms. The minimum atomic E-state index is -0.763. The van der Waals surface area contributed by atoms with Crippen LogP contribution in [0.5, 0.6) is 5.75 Å². The third kappa shape index (κ3) is 8.25. The first-order valence-electron chi connectivity index (χ1n) is 14.3. The number of pyridine rings is 1. The summed E-state index contributed by atoms with van der Waals surface area (Å²) in [4.78, 5) is 18.4. The van der Waals surface area contributed by atoms with Crippen molar-refractivity contribution >= 4 is 5.91 Å². The summed E-state index contributed by atoms with van der Waals surface area (Å²) >= 11 is 0. The van der Waals surface area contributed by atoms with Gasteiger partial charge in [0.25, 0.3) is 5.91 Å². The van der Waals surface area contributed by atoms with Gasteiger partial charge >= 0.3 is 0 Å². The molecule has 0 spiro atoms. The molecule has 4 aromatic rings. The molecule has 3 aromatic carbocycles. The van der Waals surface area contributed by atoms with Crippen LogP contribution in [0.3, 0.4) is 0 Å². The van der Waals surface area contributed by atoms with E-state index in [4.69, 9.17) is 9.47 Å². The van der Waals surface area contributed by atoms with Crippen molar-refractivity contribution in [2.45, 2.75) is 44.2 Å². The SMILES string of the molecule is CN(CC1CC(c2ccc(CO)cc2)OC(c2ccc(CNC(=O)c3cccnc3)cc2)O1)CC(O)c1cccc(O)c1. The number of hydrogen-bond donors (Lipinski definition) is 4. The number of nitrogens with zero attached hydrogens (tertiary/aromatic N) is 2. The second-order valence-electron chi connectivity index (χ2n) is 10.8. The molecule has 4 unspecified atom stereocenters. The van der Waals surface area contributed by atoms with E-state index in [9.17, 15) is 20.1 Å². The summed E-state index contributed by atoms with van der Waals surface area (Å²) in [6.45, 7) is 1.26. The Morgan fingerprint density at radius 1 is 1.00 bits per heavy atom. The average Bonchev–Trinajstić information content (AvgIpc) is 3.04. The van der Waals surface area contributed by atoms with Crippen LogP contribution in [-0.4, -0.2) is 57.4 Å². The number of aliphatic hydroxyl groups excluding tert-OH is 2. The van der Waals surface area contributed by atoms with E-state index >= 15 is 0 Å². The van der Waals surface area contributed by atoms with Gasteiger partial charge in [-0.05, 0) is 53.6 Å². The van der Waals surface area contributed by atoms with Gasteiger partial charge in [-0.1, -0.05) is 60.7 Å². The summed E-state index contributed by atoms with van der Waals surface area (Å²) < 4.78 is 12.9. The Morgan fingerprint density at radius 3 is 2.44 bits per heavy atom. The number of phenolic OH excluding ortho intramolecular Hbond substituents is 1. The zero-order valence-electron chi connectivity index (χ0n) is 24.0. The predicted octanol–water partition coefficient (Wildman–Crippen LogP) is 4.42. The van der Waals surface area contributed by atoms with Crippen molar-refractivity contribution in [3.05, 3.63) is 131 Å². The normalized spacial score (nSPS) is 19.2. The standard InChI is InChI=1S/C34H37N3O6/c1-37(21-31(40)27-4-2-6-29(39)16-27)20-30-17-32(25-11-9-24(22-38)10-12-25)43-34(42-30)26-13-7-23(8-14-26)18-36-33(41)28-5-3-15-35-19-28/h2-16,19,30-32,34,38-40H,17-18,20-22H2,1H3,(H,36,41). The lowest BCUT2D eigenvalue weighted by Crippen LogP contribution is -2.39. The molecule has 43 heavy (non-hydrogen) atoms. The van der Waals surface area contributed by atoms with Gasteiger partial charge < -0.3 is 35.0 Å². The van der Waals surface area contributed by atoms with Crippen molar-refractivity contribution in [2.24, 2.45) is 0 Å². The van der Waals surface area contributed by atoms with Crippen molar-refractivity contribution in [3.63, 3.8) is 0 Å². The molecule has 1 aromatic heterocycles. The van der Waals surface area contributed by atoms with E-state index in [1.54, 1.807) is 42.6 Å². The molecule has 0 aliphatic carbocycles. The number of carbonyl (C=O) groups excluding carboxylic acids is 1. The molecule has 224 valence electrons. The smallest absolute Gasteiger partial charge is 0.253 e. The van der Waals surface area contributed by atoms with Crippen LogP contribution in [0.25, 0.3) is 0 Å². The van der Waals surface area contributed by atoms with E-state index in [1.807, 2.05) is 60.5 Å². The number of benzene rings is 3. The Bertz CT molecular complexity index is 1470. The van der Waals surface area contributed by atoms with Crippen molar-refractivity contribution in [2.75, 3.05) is 20.1 Å². The maximum absolute atomic E-state index is 12.4. The number of nitrogens with one attached hydrogen (secondary N) is 1.